The van der Waals surface area contributed by atoms with E-state index in [-0.39, 0.29) is 0 Å². The van der Waals surface area contributed by atoms with Gasteiger partial charge in [-0.05, 0) is 23.8 Å². The van der Waals surface area contributed by atoms with E-state index in [0.717, 1.165) is 0 Å². The molecule has 1 rings (SSSR count). The lowest BCUT2D eigenvalue weighted by Gasteiger charge is -2.08. The lowest BCUT2D eigenvalue weighted by Crippen LogP contribution is -2.08. The maximum atomic E-state index is 11.1. The molecule has 5 heteroatoms. The van der Waals surface area contributed by atoms with E-state index in [0.29, 0.717) is 15.6 Å². The number of alkyl halides is 1. The van der Waals surface area contributed by atoms with Crippen LogP contribution in [0.25, 0.3) is 0 Å². The normalized spacial score (nSPS) is 12.3. The first kappa shape index (κ1) is 11.6. The predicted octanol–water partition coefficient (Wildman–Crippen LogP) is 3.45. The number of methoxy groups -OCH3 is 1. The van der Waals surface area contributed by atoms with E-state index < -0.39 is 11.3 Å². The third kappa shape index (κ3) is 2.77. The van der Waals surface area contributed by atoms with E-state index in [4.69, 9.17) is 34.8 Å². The summed E-state index contributed by atoms with van der Waals surface area (Å²) >= 11 is 17.3. The third-order valence-electron chi connectivity index (χ3n) is 1.59. The van der Waals surface area contributed by atoms with Gasteiger partial charge in [-0.1, -0.05) is 23.2 Å². The van der Waals surface area contributed by atoms with Gasteiger partial charge in [0.15, 0.2) is 5.38 Å². The summed E-state index contributed by atoms with van der Waals surface area (Å²) in [5.41, 5.74) is 0.524. The van der Waals surface area contributed by atoms with E-state index in [2.05, 4.69) is 4.74 Å². The molecule has 0 saturated carbocycles. The topological polar surface area (TPSA) is 26.3 Å². The summed E-state index contributed by atoms with van der Waals surface area (Å²) in [6.45, 7) is 0. The molecule has 2 nitrogen and oxygen atoms in total. The Morgan fingerprint density at radius 3 is 2.21 bits per heavy atom. The monoisotopic (exact) mass is 252 g/mol. The van der Waals surface area contributed by atoms with E-state index in [1.807, 2.05) is 0 Å². The van der Waals surface area contributed by atoms with Gasteiger partial charge in [0.25, 0.3) is 0 Å². The summed E-state index contributed by atoms with van der Waals surface area (Å²) in [5.74, 6) is -0.537. The number of benzene rings is 1. The van der Waals surface area contributed by atoms with Gasteiger partial charge in [0, 0.05) is 10.0 Å². The number of esters is 1. The van der Waals surface area contributed by atoms with Gasteiger partial charge in [0.2, 0.25) is 0 Å². The van der Waals surface area contributed by atoms with Gasteiger partial charge in [-0.2, -0.15) is 0 Å². The molecular formula is C9H7Cl3O2. The molecule has 0 aromatic heterocycles. The quantitative estimate of drug-likeness (QED) is 0.596. The smallest absolute Gasteiger partial charge is 0.328 e. The van der Waals surface area contributed by atoms with Crippen molar-refractivity contribution in [2.24, 2.45) is 0 Å². The highest BCUT2D eigenvalue weighted by molar-refractivity contribution is 6.35. The molecule has 0 unspecified atom stereocenters. The number of halogens is 3. The van der Waals surface area contributed by atoms with Crippen LogP contribution in [-0.4, -0.2) is 13.1 Å². The number of hydrogen-bond donors (Lipinski definition) is 0. The summed E-state index contributed by atoms with van der Waals surface area (Å²) in [6, 6.07) is 4.71. The molecule has 0 radical (unpaired) electrons. The number of carbonyl (C=O) groups is 1. The average molecular weight is 254 g/mol. The minimum Gasteiger partial charge on any atom is -0.468 e. The fourth-order valence-electron chi connectivity index (χ4n) is 0.961. The van der Waals surface area contributed by atoms with Crippen LogP contribution in [0.4, 0.5) is 0 Å². The van der Waals surface area contributed by atoms with Crippen LogP contribution in [0, 0.1) is 0 Å². The number of carbonyl (C=O) groups excluding carboxylic acids is 1. The Labute approximate surface area is 96.7 Å². The minimum absolute atomic E-state index is 0.432. The second-order valence-corrected chi connectivity index (χ2v) is 3.90. The van der Waals surface area contributed by atoms with Crippen LogP contribution < -0.4 is 0 Å². The molecule has 0 N–H and O–H groups in total. The molecule has 14 heavy (non-hydrogen) atoms. The highest BCUT2D eigenvalue weighted by Gasteiger charge is 2.18. The maximum absolute atomic E-state index is 11.1. The van der Waals surface area contributed by atoms with Gasteiger partial charge >= 0.3 is 5.97 Å². The van der Waals surface area contributed by atoms with Crippen molar-refractivity contribution in [2.75, 3.05) is 7.11 Å². The standard InChI is InChI=1S/C9H7Cl3O2/c1-14-9(13)8(12)5-2-6(10)4-7(11)3-5/h2-4,8H,1H3/t8-/m1/s1. The van der Waals surface area contributed by atoms with Crippen LogP contribution in [0.5, 0.6) is 0 Å². The Morgan fingerprint density at radius 1 is 1.29 bits per heavy atom. The lowest BCUT2D eigenvalue weighted by atomic mass is 10.1. The summed E-state index contributed by atoms with van der Waals surface area (Å²) in [4.78, 5) is 11.1. The van der Waals surface area contributed by atoms with Crippen molar-refractivity contribution in [3.63, 3.8) is 0 Å². The van der Waals surface area contributed by atoms with E-state index >= 15 is 0 Å². The molecule has 0 fully saturated rings. The fraction of sp³-hybridized carbons (Fsp3) is 0.222. The van der Waals surface area contributed by atoms with Crippen molar-refractivity contribution in [1.82, 2.24) is 0 Å². The SMILES string of the molecule is COC(=O)[C@H](Cl)c1cc(Cl)cc(Cl)c1. The lowest BCUT2D eigenvalue weighted by molar-refractivity contribution is -0.140. The predicted molar refractivity (Wildman–Crippen MR) is 57.1 cm³/mol. The third-order valence-corrected chi connectivity index (χ3v) is 2.45. The first-order valence-corrected chi connectivity index (χ1v) is 4.91. The molecule has 0 bridgehead atoms. The van der Waals surface area contributed by atoms with Gasteiger partial charge in [-0.15, -0.1) is 11.6 Å². The highest BCUT2D eigenvalue weighted by atomic mass is 35.5. The van der Waals surface area contributed by atoms with E-state index in [1.165, 1.54) is 7.11 Å². The molecule has 0 heterocycles. The maximum Gasteiger partial charge on any atom is 0.328 e. The highest BCUT2D eigenvalue weighted by Crippen LogP contribution is 2.27. The van der Waals surface area contributed by atoms with Gasteiger partial charge in [-0.3, -0.25) is 4.79 Å². The van der Waals surface area contributed by atoms with Crippen LogP contribution in [0.3, 0.4) is 0 Å². The van der Waals surface area contributed by atoms with Crippen LogP contribution >= 0.6 is 34.8 Å². The molecular weight excluding hydrogens is 246 g/mol. The number of rotatable bonds is 2. The minimum atomic E-state index is -0.879. The summed E-state index contributed by atoms with van der Waals surface area (Å²) in [7, 11) is 1.27. The van der Waals surface area contributed by atoms with Crippen LogP contribution in [0.15, 0.2) is 18.2 Å². The Morgan fingerprint density at radius 2 is 1.79 bits per heavy atom. The molecule has 76 valence electrons. The molecule has 0 amide bonds. The zero-order valence-corrected chi connectivity index (χ0v) is 9.53. The van der Waals surface area contributed by atoms with Gasteiger partial charge in [0.05, 0.1) is 7.11 Å². The van der Waals surface area contributed by atoms with E-state index in [1.54, 1.807) is 18.2 Å². The number of ether oxygens (including phenoxy) is 1. The second-order valence-electron chi connectivity index (χ2n) is 2.59. The molecule has 1 aromatic carbocycles. The Hall–Kier alpha value is -0.440. The Bertz CT molecular complexity index is 332. The molecule has 0 aliphatic rings. The molecule has 1 aromatic rings. The summed E-state index contributed by atoms with van der Waals surface area (Å²) in [5, 5.41) is -0.0136. The first-order chi connectivity index (χ1) is 6.54. The van der Waals surface area contributed by atoms with E-state index in [9.17, 15) is 4.79 Å². The molecule has 0 aliphatic heterocycles. The molecule has 0 saturated heterocycles. The molecule has 1 atom stereocenters. The zero-order valence-electron chi connectivity index (χ0n) is 7.26. The van der Waals surface area contributed by atoms with Gasteiger partial charge in [-0.25, -0.2) is 0 Å². The average Bonchev–Trinajstić information content (AvgIpc) is 2.14. The zero-order chi connectivity index (χ0) is 10.7. The first-order valence-electron chi connectivity index (χ1n) is 3.72. The van der Waals surface area contributed by atoms with Crippen LogP contribution in [0.1, 0.15) is 10.9 Å². The van der Waals surface area contributed by atoms with Crippen LogP contribution in [0.2, 0.25) is 10.0 Å². The molecule has 0 spiro atoms. The van der Waals surface area contributed by atoms with Crippen molar-refractivity contribution in [3.05, 3.63) is 33.8 Å². The fourth-order valence-corrected chi connectivity index (χ4v) is 1.72. The van der Waals surface area contributed by atoms with Crippen molar-refractivity contribution in [3.8, 4) is 0 Å². The number of hydrogen-bond acceptors (Lipinski definition) is 2. The van der Waals surface area contributed by atoms with Crippen molar-refractivity contribution >= 4 is 40.8 Å². The summed E-state index contributed by atoms with van der Waals surface area (Å²) < 4.78 is 4.49. The van der Waals surface area contributed by atoms with Crippen molar-refractivity contribution in [2.45, 2.75) is 5.38 Å². The Balaban J connectivity index is 3.00. The largest absolute Gasteiger partial charge is 0.468 e. The Kier molecular flexibility index (Phi) is 4.05. The molecule has 0 aliphatic carbocycles. The second kappa shape index (κ2) is 4.87. The van der Waals surface area contributed by atoms with Gasteiger partial charge < -0.3 is 4.74 Å². The van der Waals surface area contributed by atoms with Gasteiger partial charge in [0.1, 0.15) is 0 Å². The van der Waals surface area contributed by atoms with Crippen molar-refractivity contribution in [1.29, 1.82) is 0 Å². The van der Waals surface area contributed by atoms with Crippen LogP contribution in [-0.2, 0) is 9.53 Å². The summed E-state index contributed by atoms with van der Waals surface area (Å²) in [6.07, 6.45) is 0. The van der Waals surface area contributed by atoms with Crippen molar-refractivity contribution < 1.29 is 9.53 Å².